The van der Waals surface area contributed by atoms with Gasteiger partial charge in [0, 0.05) is 6.61 Å². The number of para-hydroxylation sites is 1. The second-order valence-corrected chi connectivity index (χ2v) is 4.69. The average Bonchev–Trinajstić information content (AvgIpc) is 2.44. The fourth-order valence-corrected chi connectivity index (χ4v) is 1.92. The zero-order valence-corrected chi connectivity index (χ0v) is 12.4. The van der Waals surface area contributed by atoms with Gasteiger partial charge >= 0.3 is 0 Å². The number of benzene rings is 1. The van der Waals surface area contributed by atoms with E-state index in [1.165, 1.54) is 0 Å². The zero-order valence-electron chi connectivity index (χ0n) is 12.4. The van der Waals surface area contributed by atoms with Crippen molar-refractivity contribution >= 4 is 5.78 Å². The number of Topliss-reactive ketones (excluding diaryl/α,β-unsaturated/α-hetero) is 1. The normalized spacial score (nSPS) is 13.9. The molecule has 1 rings (SSSR count). The molecular weight excluding hydrogens is 240 g/mol. The fourth-order valence-electron chi connectivity index (χ4n) is 1.92. The Hall–Kier alpha value is -1.35. The van der Waals surface area contributed by atoms with Crippen LogP contribution >= 0.6 is 0 Å². The van der Waals surface area contributed by atoms with Gasteiger partial charge in [0.25, 0.3) is 0 Å². The van der Waals surface area contributed by atoms with Gasteiger partial charge < -0.3 is 9.47 Å². The lowest BCUT2D eigenvalue weighted by atomic mass is 9.91. The number of hydrogen-bond acceptors (Lipinski definition) is 3. The quantitative estimate of drug-likeness (QED) is 0.669. The van der Waals surface area contributed by atoms with E-state index in [2.05, 4.69) is 0 Å². The summed E-state index contributed by atoms with van der Waals surface area (Å²) >= 11 is 0. The van der Waals surface area contributed by atoms with Crippen molar-refractivity contribution in [3.8, 4) is 5.75 Å². The van der Waals surface area contributed by atoms with Gasteiger partial charge in [-0.05, 0) is 38.8 Å². The summed E-state index contributed by atoms with van der Waals surface area (Å²) in [5.74, 6) is 0.636. The Balaban J connectivity index is 3.04. The molecular formula is C16H24O3. The molecule has 1 aromatic rings. The highest BCUT2D eigenvalue weighted by Crippen LogP contribution is 2.27. The number of rotatable bonds is 8. The molecule has 0 amide bonds. The van der Waals surface area contributed by atoms with Crippen LogP contribution < -0.4 is 4.74 Å². The van der Waals surface area contributed by atoms with Crippen molar-refractivity contribution in [2.24, 2.45) is 0 Å². The summed E-state index contributed by atoms with van der Waals surface area (Å²) in [6, 6.07) is 7.38. The molecule has 106 valence electrons. The number of ketones is 1. The van der Waals surface area contributed by atoms with E-state index < -0.39 is 5.60 Å². The van der Waals surface area contributed by atoms with Crippen LogP contribution in [0.5, 0.6) is 5.75 Å². The first-order valence-corrected chi connectivity index (χ1v) is 6.99. The van der Waals surface area contributed by atoms with Crippen molar-refractivity contribution < 1.29 is 14.3 Å². The van der Waals surface area contributed by atoms with Gasteiger partial charge in [0.1, 0.15) is 11.4 Å². The maximum Gasteiger partial charge on any atom is 0.198 e. The summed E-state index contributed by atoms with van der Waals surface area (Å²) in [7, 11) is 0. The average molecular weight is 264 g/mol. The molecule has 0 heterocycles. The maximum atomic E-state index is 12.7. The lowest BCUT2D eigenvalue weighted by Gasteiger charge is -2.27. The van der Waals surface area contributed by atoms with Crippen molar-refractivity contribution in [1.82, 2.24) is 0 Å². The molecule has 3 nitrogen and oxygen atoms in total. The van der Waals surface area contributed by atoms with Crippen LogP contribution in [0.25, 0.3) is 0 Å². The van der Waals surface area contributed by atoms with E-state index in [-0.39, 0.29) is 5.78 Å². The number of hydrogen-bond donors (Lipinski definition) is 0. The van der Waals surface area contributed by atoms with E-state index >= 15 is 0 Å². The van der Waals surface area contributed by atoms with Gasteiger partial charge in [0.15, 0.2) is 5.78 Å². The molecule has 0 fully saturated rings. The van der Waals surface area contributed by atoms with E-state index in [0.29, 0.717) is 30.9 Å². The van der Waals surface area contributed by atoms with Crippen LogP contribution in [0.4, 0.5) is 0 Å². The highest BCUT2D eigenvalue weighted by atomic mass is 16.5. The molecule has 0 aliphatic carbocycles. The van der Waals surface area contributed by atoms with E-state index in [1.807, 2.05) is 45.9 Å². The van der Waals surface area contributed by atoms with Crippen LogP contribution in [-0.4, -0.2) is 24.6 Å². The van der Waals surface area contributed by atoms with E-state index in [4.69, 9.17) is 9.47 Å². The third kappa shape index (κ3) is 3.80. The highest BCUT2D eigenvalue weighted by molar-refractivity contribution is 6.04. The van der Waals surface area contributed by atoms with Crippen LogP contribution in [0.15, 0.2) is 24.3 Å². The Labute approximate surface area is 115 Å². The minimum absolute atomic E-state index is 0.0106. The van der Waals surface area contributed by atoms with Crippen LogP contribution in [-0.2, 0) is 4.74 Å². The van der Waals surface area contributed by atoms with Crippen LogP contribution in [0.1, 0.15) is 50.9 Å². The molecule has 0 bridgehead atoms. The van der Waals surface area contributed by atoms with Crippen molar-refractivity contribution in [3.63, 3.8) is 0 Å². The molecule has 0 aliphatic heterocycles. The largest absolute Gasteiger partial charge is 0.493 e. The second-order valence-electron chi connectivity index (χ2n) is 4.69. The molecule has 0 saturated heterocycles. The Morgan fingerprint density at radius 3 is 2.47 bits per heavy atom. The topological polar surface area (TPSA) is 35.5 Å². The lowest BCUT2D eigenvalue weighted by Crippen LogP contribution is -2.38. The predicted molar refractivity (Wildman–Crippen MR) is 76.9 cm³/mol. The molecule has 1 unspecified atom stereocenters. The SMILES string of the molecule is CCCOc1ccccc1C(=O)C(C)(CC)OCC. The van der Waals surface area contributed by atoms with Gasteiger partial charge in [0.05, 0.1) is 12.2 Å². The summed E-state index contributed by atoms with van der Waals surface area (Å²) < 4.78 is 11.3. The molecule has 3 heteroatoms. The maximum absolute atomic E-state index is 12.7. The Kier molecular flexibility index (Phi) is 6.03. The summed E-state index contributed by atoms with van der Waals surface area (Å²) in [5.41, 5.74) is -0.172. The third-order valence-electron chi connectivity index (χ3n) is 3.21. The summed E-state index contributed by atoms with van der Waals surface area (Å²) in [5, 5.41) is 0. The number of ether oxygens (including phenoxy) is 2. The van der Waals surface area contributed by atoms with Crippen molar-refractivity contribution in [3.05, 3.63) is 29.8 Å². The Bertz CT molecular complexity index is 414. The second kappa shape index (κ2) is 7.29. The Morgan fingerprint density at radius 1 is 1.21 bits per heavy atom. The molecule has 0 N–H and O–H groups in total. The zero-order chi connectivity index (χ0) is 14.3. The molecule has 19 heavy (non-hydrogen) atoms. The fraction of sp³-hybridized carbons (Fsp3) is 0.562. The standard InChI is InChI=1S/C16H24O3/c1-5-12-18-14-11-9-8-10-13(14)15(17)16(4,6-2)19-7-3/h8-11H,5-7,12H2,1-4H3. The first kappa shape index (κ1) is 15.7. The van der Waals surface area contributed by atoms with Gasteiger partial charge in [-0.2, -0.15) is 0 Å². The molecule has 0 aliphatic rings. The summed E-state index contributed by atoms with van der Waals surface area (Å²) in [6.07, 6.45) is 1.56. The monoisotopic (exact) mass is 264 g/mol. The van der Waals surface area contributed by atoms with E-state index in [1.54, 1.807) is 6.07 Å². The van der Waals surface area contributed by atoms with E-state index in [0.717, 1.165) is 6.42 Å². The highest BCUT2D eigenvalue weighted by Gasteiger charge is 2.34. The van der Waals surface area contributed by atoms with Gasteiger partial charge in [-0.15, -0.1) is 0 Å². The van der Waals surface area contributed by atoms with Crippen LogP contribution in [0, 0.1) is 0 Å². The minimum atomic E-state index is -0.777. The molecule has 1 aromatic carbocycles. The summed E-state index contributed by atoms with van der Waals surface area (Å²) in [4.78, 5) is 12.7. The van der Waals surface area contributed by atoms with Gasteiger partial charge in [-0.3, -0.25) is 4.79 Å². The first-order valence-electron chi connectivity index (χ1n) is 6.99. The third-order valence-corrected chi connectivity index (χ3v) is 3.21. The predicted octanol–water partition coefficient (Wildman–Crippen LogP) is 3.86. The molecule has 1 atom stereocenters. The number of carbonyl (C=O) groups excluding carboxylic acids is 1. The van der Waals surface area contributed by atoms with Gasteiger partial charge in [-0.25, -0.2) is 0 Å². The Morgan fingerprint density at radius 2 is 1.89 bits per heavy atom. The van der Waals surface area contributed by atoms with Crippen molar-refractivity contribution in [2.45, 2.75) is 46.1 Å². The molecule has 0 radical (unpaired) electrons. The van der Waals surface area contributed by atoms with Crippen molar-refractivity contribution in [2.75, 3.05) is 13.2 Å². The summed E-state index contributed by atoms with van der Waals surface area (Å²) in [6.45, 7) is 8.88. The minimum Gasteiger partial charge on any atom is -0.493 e. The van der Waals surface area contributed by atoms with Crippen LogP contribution in [0.2, 0.25) is 0 Å². The molecule has 0 spiro atoms. The first-order chi connectivity index (χ1) is 9.09. The van der Waals surface area contributed by atoms with Gasteiger partial charge in [0.2, 0.25) is 0 Å². The van der Waals surface area contributed by atoms with E-state index in [9.17, 15) is 4.79 Å². The smallest absolute Gasteiger partial charge is 0.198 e. The lowest BCUT2D eigenvalue weighted by molar-refractivity contribution is -0.0118. The van der Waals surface area contributed by atoms with Gasteiger partial charge in [-0.1, -0.05) is 26.0 Å². The molecule has 0 aromatic heterocycles. The molecule has 0 saturated carbocycles. The van der Waals surface area contributed by atoms with Crippen molar-refractivity contribution in [1.29, 1.82) is 0 Å². The number of carbonyl (C=O) groups is 1. The van der Waals surface area contributed by atoms with Crippen LogP contribution in [0.3, 0.4) is 0 Å².